The molecular weight excluding hydrogens is 381 g/mol. The van der Waals surface area contributed by atoms with Gasteiger partial charge in [0.05, 0.1) is 12.0 Å². The molecule has 3 atom stereocenters. The minimum atomic E-state index is -0.724. The summed E-state index contributed by atoms with van der Waals surface area (Å²) in [5.74, 6) is -2.42. The molecule has 29 heavy (non-hydrogen) atoms. The molecule has 5 rings (SSSR count). The van der Waals surface area contributed by atoms with Gasteiger partial charge in [0, 0.05) is 24.1 Å². The molecule has 1 N–H and O–H groups in total. The molecule has 0 saturated heterocycles. The molecular formula is C21H15F3N4O. The van der Waals surface area contributed by atoms with E-state index in [1.54, 1.807) is 12.1 Å². The second kappa shape index (κ2) is 6.58. The molecule has 8 heteroatoms. The largest absolute Gasteiger partial charge is 0.328 e. The van der Waals surface area contributed by atoms with Crippen LogP contribution in [0.1, 0.15) is 29.5 Å². The maximum Gasteiger partial charge on any atom is 0.226 e. The first-order chi connectivity index (χ1) is 14.0. The number of anilines is 1. The highest BCUT2D eigenvalue weighted by atomic mass is 19.1. The number of carbonyl (C=O) groups excluding carboxylic acids is 1. The molecule has 2 aliphatic rings. The van der Waals surface area contributed by atoms with Crippen LogP contribution in [-0.2, 0) is 4.79 Å². The number of fused-ring (bicyclic) bond motifs is 2. The number of nitrogens with one attached hydrogen (secondary N) is 1. The molecule has 0 spiro atoms. The van der Waals surface area contributed by atoms with Crippen LogP contribution in [0, 0.1) is 23.4 Å². The zero-order chi connectivity index (χ0) is 20.1. The van der Waals surface area contributed by atoms with Crippen LogP contribution < -0.4 is 5.32 Å². The van der Waals surface area contributed by atoms with Crippen LogP contribution in [0.4, 0.5) is 19.1 Å². The van der Waals surface area contributed by atoms with Crippen molar-refractivity contribution in [1.29, 1.82) is 0 Å². The summed E-state index contributed by atoms with van der Waals surface area (Å²) in [5.41, 5.74) is 1.72. The molecule has 1 aliphatic carbocycles. The first-order valence-electron chi connectivity index (χ1n) is 9.12. The second-order valence-corrected chi connectivity index (χ2v) is 7.23. The van der Waals surface area contributed by atoms with E-state index in [9.17, 15) is 18.0 Å². The lowest BCUT2D eigenvalue weighted by Crippen LogP contribution is -2.40. The molecule has 0 bridgehead atoms. The van der Waals surface area contributed by atoms with Gasteiger partial charge in [-0.15, -0.1) is 0 Å². The highest BCUT2D eigenvalue weighted by molar-refractivity contribution is 5.88. The summed E-state index contributed by atoms with van der Waals surface area (Å²) >= 11 is 0. The zero-order valence-electron chi connectivity index (χ0n) is 15.0. The Bertz CT molecular complexity index is 1120. The summed E-state index contributed by atoms with van der Waals surface area (Å²) in [7, 11) is 0. The third-order valence-corrected chi connectivity index (χ3v) is 5.42. The fraction of sp³-hybridized carbons (Fsp3) is 0.190. The highest BCUT2D eigenvalue weighted by Gasteiger charge is 2.43. The van der Waals surface area contributed by atoms with E-state index in [1.807, 2.05) is 6.08 Å². The van der Waals surface area contributed by atoms with Crippen LogP contribution in [0.15, 0.2) is 60.6 Å². The van der Waals surface area contributed by atoms with Crippen molar-refractivity contribution in [2.45, 2.75) is 18.4 Å². The SMILES string of the molecule is O=C1C[C@@H](c2ccc(F)cc2)C=C2Nc3ncnn3[C@@H](c3cc(F)cc(F)c3)[C@H]12. The number of rotatable bonds is 2. The molecule has 0 fully saturated rings. The minimum Gasteiger partial charge on any atom is -0.328 e. The third-order valence-electron chi connectivity index (χ3n) is 5.42. The molecule has 1 aliphatic heterocycles. The van der Waals surface area contributed by atoms with E-state index < -0.39 is 23.6 Å². The summed E-state index contributed by atoms with van der Waals surface area (Å²) in [5, 5.41) is 7.28. The normalized spacial score (nSPS) is 23.1. The first kappa shape index (κ1) is 17.7. The molecule has 2 aromatic carbocycles. The van der Waals surface area contributed by atoms with Gasteiger partial charge in [0.25, 0.3) is 0 Å². The Balaban J connectivity index is 1.62. The molecule has 0 amide bonds. The van der Waals surface area contributed by atoms with Gasteiger partial charge in [-0.05, 0) is 35.4 Å². The molecule has 146 valence electrons. The number of carbonyl (C=O) groups is 1. The maximum atomic E-state index is 13.9. The quantitative estimate of drug-likeness (QED) is 0.712. The molecule has 0 saturated carbocycles. The third kappa shape index (κ3) is 3.00. The van der Waals surface area contributed by atoms with Crippen molar-refractivity contribution < 1.29 is 18.0 Å². The maximum absolute atomic E-state index is 13.9. The Morgan fingerprint density at radius 3 is 2.41 bits per heavy atom. The molecule has 0 radical (unpaired) electrons. The van der Waals surface area contributed by atoms with Crippen LogP contribution in [0.5, 0.6) is 0 Å². The van der Waals surface area contributed by atoms with E-state index in [0.717, 1.165) is 11.6 Å². The van der Waals surface area contributed by atoms with Crippen LogP contribution >= 0.6 is 0 Å². The summed E-state index contributed by atoms with van der Waals surface area (Å²) in [6.45, 7) is 0. The van der Waals surface area contributed by atoms with Crippen molar-refractivity contribution in [3.05, 3.63) is 89.1 Å². The summed E-state index contributed by atoms with van der Waals surface area (Å²) in [4.78, 5) is 17.3. The van der Waals surface area contributed by atoms with Crippen LogP contribution in [0.2, 0.25) is 0 Å². The Hall–Kier alpha value is -3.42. The van der Waals surface area contributed by atoms with E-state index in [-0.39, 0.29) is 23.9 Å². The number of halogens is 3. The second-order valence-electron chi connectivity index (χ2n) is 7.23. The first-order valence-corrected chi connectivity index (χ1v) is 9.12. The predicted octanol–water partition coefficient (Wildman–Crippen LogP) is 3.97. The zero-order valence-corrected chi connectivity index (χ0v) is 15.0. The summed E-state index contributed by atoms with van der Waals surface area (Å²) < 4.78 is 42.5. The lowest BCUT2D eigenvalue weighted by molar-refractivity contribution is -0.123. The predicted molar refractivity (Wildman–Crippen MR) is 98.5 cm³/mol. The van der Waals surface area contributed by atoms with Crippen LogP contribution in [-0.4, -0.2) is 20.5 Å². The number of nitrogens with zero attached hydrogens (tertiary/aromatic N) is 3. The number of Topliss-reactive ketones (excluding diaryl/α,β-unsaturated/α-hetero) is 1. The molecule has 3 aromatic rings. The van der Waals surface area contributed by atoms with E-state index >= 15 is 0 Å². The summed E-state index contributed by atoms with van der Waals surface area (Å²) in [6, 6.07) is 8.50. The lowest BCUT2D eigenvalue weighted by atomic mass is 9.75. The Kier molecular flexibility index (Phi) is 4.01. The van der Waals surface area contributed by atoms with Gasteiger partial charge in [0.2, 0.25) is 5.95 Å². The van der Waals surface area contributed by atoms with Gasteiger partial charge >= 0.3 is 0 Å². The standard InChI is InChI=1S/C21H15F3N4O/c22-14-3-1-11(2-4-14)12-7-17-19(18(29)8-12)20(28-21(27-17)25-10-26-28)13-5-15(23)9-16(24)6-13/h1-7,9-10,12,19-20H,8H2,(H,25,26,27)/t12-,19-,20-/m0/s1. The smallest absolute Gasteiger partial charge is 0.226 e. The van der Waals surface area contributed by atoms with E-state index in [1.165, 1.54) is 35.3 Å². The van der Waals surface area contributed by atoms with Gasteiger partial charge in [-0.3, -0.25) is 4.79 Å². The van der Waals surface area contributed by atoms with Gasteiger partial charge in [0.1, 0.15) is 29.6 Å². The molecule has 2 heterocycles. The van der Waals surface area contributed by atoms with Crippen molar-refractivity contribution in [1.82, 2.24) is 14.8 Å². The van der Waals surface area contributed by atoms with Crippen molar-refractivity contribution in [2.75, 3.05) is 5.32 Å². The number of hydrogen-bond acceptors (Lipinski definition) is 4. The number of aromatic nitrogens is 3. The topological polar surface area (TPSA) is 59.8 Å². The monoisotopic (exact) mass is 396 g/mol. The molecule has 0 unspecified atom stereocenters. The average molecular weight is 396 g/mol. The fourth-order valence-corrected chi connectivity index (χ4v) is 4.18. The average Bonchev–Trinajstić information content (AvgIpc) is 3.14. The number of benzene rings is 2. The minimum absolute atomic E-state index is 0.0971. The Morgan fingerprint density at radius 1 is 0.966 bits per heavy atom. The van der Waals surface area contributed by atoms with Gasteiger partial charge in [-0.2, -0.15) is 10.1 Å². The van der Waals surface area contributed by atoms with Gasteiger partial charge in [0.15, 0.2) is 0 Å². The number of ketones is 1. The molecule has 1 aromatic heterocycles. The van der Waals surface area contributed by atoms with Crippen molar-refractivity contribution in [3.8, 4) is 0 Å². The Labute approximate surface area is 163 Å². The van der Waals surface area contributed by atoms with Gasteiger partial charge < -0.3 is 5.32 Å². The van der Waals surface area contributed by atoms with Gasteiger partial charge in [-0.25, -0.2) is 17.9 Å². The van der Waals surface area contributed by atoms with E-state index in [0.29, 0.717) is 17.2 Å². The van der Waals surface area contributed by atoms with E-state index in [4.69, 9.17) is 0 Å². The fourth-order valence-electron chi connectivity index (χ4n) is 4.18. The molecule has 5 nitrogen and oxygen atoms in total. The van der Waals surface area contributed by atoms with Crippen molar-refractivity contribution in [3.63, 3.8) is 0 Å². The van der Waals surface area contributed by atoms with Crippen molar-refractivity contribution >= 4 is 11.7 Å². The van der Waals surface area contributed by atoms with E-state index in [2.05, 4.69) is 15.4 Å². The van der Waals surface area contributed by atoms with Crippen molar-refractivity contribution in [2.24, 2.45) is 5.92 Å². The number of allylic oxidation sites excluding steroid dienone is 2. The lowest BCUT2D eigenvalue weighted by Gasteiger charge is -2.38. The van der Waals surface area contributed by atoms with Crippen LogP contribution in [0.3, 0.4) is 0 Å². The summed E-state index contributed by atoms with van der Waals surface area (Å²) in [6.07, 6.45) is 3.42. The Morgan fingerprint density at radius 2 is 1.69 bits per heavy atom. The number of hydrogen-bond donors (Lipinski definition) is 1. The highest BCUT2D eigenvalue weighted by Crippen LogP contribution is 2.44. The van der Waals surface area contributed by atoms with Crippen LogP contribution in [0.25, 0.3) is 0 Å². The van der Waals surface area contributed by atoms with Gasteiger partial charge in [-0.1, -0.05) is 18.2 Å².